The molecule has 98 valence electrons. The maximum atomic E-state index is 11.1. The second kappa shape index (κ2) is 5.83. The zero-order chi connectivity index (χ0) is 12.1. The summed E-state index contributed by atoms with van der Waals surface area (Å²) in [5.74, 6) is -0.695. The van der Waals surface area contributed by atoms with E-state index in [1.54, 1.807) is 0 Å². The molecule has 0 aromatic heterocycles. The molecule has 2 fully saturated rings. The van der Waals surface area contributed by atoms with E-state index in [1.165, 1.54) is 25.7 Å². The normalized spacial score (nSPS) is 32.0. The molecule has 0 bridgehead atoms. The molecule has 0 radical (unpaired) electrons. The summed E-state index contributed by atoms with van der Waals surface area (Å²) < 4.78 is 5.58. The molecule has 2 saturated heterocycles. The van der Waals surface area contributed by atoms with Gasteiger partial charge in [0.15, 0.2) is 0 Å². The number of rotatable bonds is 3. The van der Waals surface area contributed by atoms with E-state index in [4.69, 9.17) is 9.84 Å². The van der Waals surface area contributed by atoms with Crippen molar-refractivity contribution in [2.45, 2.75) is 50.5 Å². The molecule has 0 aromatic carbocycles. The molecule has 4 heteroatoms. The lowest BCUT2D eigenvalue weighted by molar-refractivity contribution is -0.144. The van der Waals surface area contributed by atoms with Crippen LogP contribution in [0.4, 0.5) is 0 Å². The Morgan fingerprint density at radius 2 is 1.88 bits per heavy atom. The Hall–Kier alpha value is -0.610. The minimum atomic E-state index is -0.695. The molecule has 0 spiro atoms. The maximum Gasteiger partial charge on any atom is 0.305 e. The van der Waals surface area contributed by atoms with Gasteiger partial charge in [0.1, 0.15) is 0 Å². The van der Waals surface area contributed by atoms with Crippen LogP contribution in [0.1, 0.15) is 44.9 Å². The van der Waals surface area contributed by atoms with Gasteiger partial charge in [-0.05, 0) is 38.8 Å². The third-order valence-corrected chi connectivity index (χ3v) is 4.06. The van der Waals surface area contributed by atoms with E-state index < -0.39 is 5.97 Å². The van der Waals surface area contributed by atoms with E-state index in [2.05, 4.69) is 4.90 Å². The molecular formula is C13H23NO3. The van der Waals surface area contributed by atoms with Crippen LogP contribution in [0.3, 0.4) is 0 Å². The second-order valence-electron chi connectivity index (χ2n) is 5.35. The zero-order valence-electron chi connectivity index (χ0n) is 10.5. The van der Waals surface area contributed by atoms with E-state index in [1.807, 2.05) is 0 Å². The topological polar surface area (TPSA) is 49.8 Å². The number of likely N-dealkylation sites (tertiary alicyclic amines) is 1. The van der Waals surface area contributed by atoms with Crippen molar-refractivity contribution in [1.29, 1.82) is 0 Å². The number of aliphatic carboxylic acids is 1. The monoisotopic (exact) mass is 241 g/mol. The fourth-order valence-corrected chi connectivity index (χ4v) is 3.16. The lowest BCUT2D eigenvalue weighted by atomic mass is 9.86. The summed E-state index contributed by atoms with van der Waals surface area (Å²) in [7, 11) is 0. The van der Waals surface area contributed by atoms with Crippen molar-refractivity contribution in [1.82, 2.24) is 4.90 Å². The Labute approximate surface area is 103 Å². The highest BCUT2D eigenvalue weighted by Crippen LogP contribution is 2.31. The number of hydrogen-bond acceptors (Lipinski definition) is 3. The molecule has 0 saturated carbocycles. The highest BCUT2D eigenvalue weighted by molar-refractivity contribution is 5.68. The number of hydrogen-bond donors (Lipinski definition) is 1. The predicted octanol–water partition coefficient (Wildman–Crippen LogP) is 1.89. The van der Waals surface area contributed by atoms with Crippen LogP contribution in [0, 0.1) is 0 Å². The van der Waals surface area contributed by atoms with Crippen molar-refractivity contribution in [2.75, 3.05) is 26.3 Å². The Balaban J connectivity index is 2.09. The molecular weight excluding hydrogens is 218 g/mol. The van der Waals surface area contributed by atoms with Crippen LogP contribution in [-0.2, 0) is 9.53 Å². The van der Waals surface area contributed by atoms with Crippen molar-refractivity contribution in [2.24, 2.45) is 0 Å². The van der Waals surface area contributed by atoms with Gasteiger partial charge in [-0.25, -0.2) is 0 Å². The van der Waals surface area contributed by atoms with Gasteiger partial charge < -0.3 is 9.84 Å². The molecule has 2 aliphatic rings. The summed E-state index contributed by atoms with van der Waals surface area (Å²) in [4.78, 5) is 13.5. The van der Waals surface area contributed by atoms with Crippen molar-refractivity contribution in [3.8, 4) is 0 Å². The Kier molecular flexibility index (Phi) is 4.40. The van der Waals surface area contributed by atoms with E-state index in [0.29, 0.717) is 6.61 Å². The smallest absolute Gasteiger partial charge is 0.305 e. The lowest BCUT2D eigenvalue weighted by Gasteiger charge is -2.45. The summed E-state index contributed by atoms with van der Waals surface area (Å²) in [5, 5.41) is 9.15. The number of nitrogens with zero attached hydrogens (tertiary/aromatic N) is 1. The minimum Gasteiger partial charge on any atom is -0.481 e. The van der Waals surface area contributed by atoms with E-state index in [9.17, 15) is 4.79 Å². The number of carboxylic acids is 1. The molecule has 1 N–H and O–H groups in total. The maximum absolute atomic E-state index is 11.1. The standard InChI is InChI=1S/C13H23NO3/c15-12(16)10-13(6-5-9-17-11-13)14-7-3-1-2-4-8-14/h1-11H2,(H,15,16). The summed E-state index contributed by atoms with van der Waals surface area (Å²) in [5.41, 5.74) is -0.228. The van der Waals surface area contributed by atoms with Crippen LogP contribution in [0.5, 0.6) is 0 Å². The van der Waals surface area contributed by atoms with Gasteiger partial charge in [0.2, 0.25) is 0 Å². The molecule has 4 nitrogen and oxygen atoms in total. The summed E-state index contributed by atoms with van der Waals surface area (Å²) in [6.07, 6.45) is 7.14. The molecule has 0 aliphatic carbocycles. The number of carboxylic acid groups (broad SMARTS) is 1. The summed E-state index contributed by atoms with van der Waals surface area (Å²) in [6, 6.07) is 0. The average molecular weight is 241 g/mol. The van der Waals surface area contributed by atoms with Crippen LogP contribution in [-0.4, -0.2) is 47.8 Å². The SMILES string of the molecule is O=C(O)CC1(N2CCCCCC2)CCCOC1. The van der Waals surface area contributed by atoms with Crippen molar-refractivity contribution in [3.05, 3.63) is 0 Å². The highest BCUT2D eigenvalue weighted by Gasteiger charge is 2.40. The Morgan fingerprint density at radius 1 is 1.18 bits per heavy atom. The van der Waals surface area contributed by atoms with Crippen LogP contribution < -0.4 is 0 Å². The van der Waals surface area contributed by atoms with Gasteiger partial charge in [0, 0.05) is 6.61 Å². The van der Waals surface area contributed by atoms with Crippen LogP contribution >= 0.6 is 0 Å². The largest absolute Gasteiger partial charge is 0.481 e. The van der Waals surface area contributed by atoms with Gasteiger partial charge in [0.05, 0.1) is 18.6 Å². The first-order chi connectivity index (χ1) is 8.23. The van der Waals surface area contributed by atoms with Crippen molar-refractivity contribution >= 4 is 5.97 Å². The van der Waals surface area contributed by atoms with Gasteiger partial charge in [0.25, 0.3) is 0 Å². The molecule has 2 rings (SSSR count). The van der Waals surface area contributed by atoms with Crippen LogP contribution in [0.15, 0.2) is 0 Å². The van der Waals surface area contributed by atoms with Crippen LogP contribution in [0.25, 0.3) is 0 Å². The fraction of sp³-hybridized carbons (Fsp3) is 0.923. The summed E-state index contributed by atoms with van der Waals surface area (Å²) in [6.45, 7) is 3.46. The van der Waals surface area contributed by atoms with Gasteiger partial charge in [-0.3, -0.25) is 9.69 Å². The number of ether oxygens (including phenoxy) is 1. The minimum absolute atomic E-state index is 0.228. The third kappa shape index (κ3) is 3.19. The van der Waals surface area contributed by atoms with Gasteiger partial charge >= 0.3 is 5.97 Å². The van der Waals surface area contributed by atoms with Gasteiger partial charge in [-0.1, -0.05) is 12.8 Å². The van der Waals surface area contributed by atoms with Gasteiger partial charge in [-0.15, -0.1) is 0 Å². The Morgan fingerprint density at radius 3 is 2.41 bits per heavy atom. The third-order valence-electron chi connectivity index (χ3n) is 4.06. The first-order valence-electron chi connectivity index (χ1n) is 6.78. The van der Waals surface area contributed by atoms with Crippen molar-refractivity contribution in [3.63, 3.8) is 0 Å². The highest BCUT2D eigenvalue weighted by atomic mass is 16.5. The fourth-order valence-electron chi connectivity index (χ4n) is 3.16. The van der Waals surface area contributed by atoms with E-state index in [0.717, 1.165) is 32.5 Å². The Bertz CT molecular complexity index is 253. The lowest BCUT2D eigenvalue weighted by Crippen LogP contribution is -2.55. The quantitative estimate of drug-likeness (QED) is 0.819. The molecule has 2 heterocycles. The number of carbonyl (C=O) groups is 1. The zero-order valence-corrected chi connectivity index (χ0v) is 10.5. The van der Waals surface area contributed by atoms with E-state index >= 15 is 0 Å². The molecule has 17 heavy (non-hydrogen) atoms. The first-order valence-corrected chi connectivity index (χ1v) is 6.78. The van der Waals surface area contributed by atoms with E-state index in [-0.39, 0.29) is 12.0 Å². The first kappa shape index (κ1) is 12.8. The summed E-state index contributed by atoms with van der Waals surface area (Å²) >= 11 is 0. The second-order valence-corrected chi connectivity index (χ2v) is 5.35. The van der Waals surface area contributed by atoms with Crippen molar-refractivity contribution < 1.29 is 14.6 Å². The predicted molar refractivity (Wildman–Crippen MR) is 65.1 cm³/mol. The molecule has 0 aromatic rings. The van der Waals surface area contributed by atoms with Gasteiger partial charge in [-0.2, -0.15) is 0 Å². The average Bonchev–Trinajstić information content (AvgIpc) is 2.58. The molecule has 1 atom stereocenters. The molecule has 0 amide bonds. The van der Waals surface area contributed by atoms with Crippen LogP contribution in [0.2, 0.25) is 0 Å². The molecule has 1 unspecified atom stereocenters. The molecule has 2 aliphatic heterocycles.